The number of hydrogen-bond acceptors (Lipinski definition) is 4. The van der Waals surface area contributed by atoms with Crippen molar-refractivity contribution in [2.45, 2.75) is 25.9 Å². The van der Waals surface area contributed by atoms with Gasteiger partial charge in [-0.1, -0.05) is 35.9 Å². The molecule has 29 heavy (non-hydrogen) atoms. The third-order valence-electron chi connectivity index (χ3n) is 4.55. The second-order valence-corrected chi connectivity index (χ2v) is 9.32. The van der Waals surface area contributed by atoms with Crippen LogP contribution in [0.1, 0.15) is 35.8 Å². The summed E-state index contributed by atoms with van der Waals surface area (Å²) in [7, 11) is -3.23. The van der Waals surface area contributed by atoms with Gasteiger partial charge in [-0.25, -0.2) is 8.42 Å². The summed E-state index contributed by atoms with van der Waals surface area (Å²) in [6, 6.07) is 12.5. The molecule has 0 spiro atoms. The summed E-state index contributed by atoms with van der Waals surface area (Å²) in [6.07, 6.45) is 4.26. The van der Waals surface area contributed by atoms with Gasteiger partial charge in [0.05, 0.1) is 17.8 Å². The van der Waals surface area contributed by atoms with Gasteiger partial charge >= 0.3 is 0 Å². The maximum Gasteiger partial charge on any atom is 0.251 e. The molecule has 3 rings (SSSR count). The smallest absolute Gasteiger partial charge is 0.251 e. The lowest BCUT2D eigenvalue weighted by Crippen LogP contribution is -2.31. The van der Waals surface area contributed by atoms with Crippen LogP contribution in [0, 0.1) is 0 Å². The molecule has 0 saturated carbocycles. The molecule has 3 aromatic rings. The van der Waals surface area contributed by atoms with Gasteiger partial charge in [-0.3, -0.25) is 9.48 Å². The third-order valence-corrected chi connectivity index (χ3v) is 5.55. The summed E-state index contributed by atoms with van der Waals surface area (Å²) in [5.41, 5.74) is 2.33. The first kappa shape index (κ1) is 21.1. The van der Waals surface area contributed by atoms with E-state index in [0.29, 0.717) is 10.6 Å². The predicted molar refractivity (Wildman–Crippen MR) is 116 cm³/mol. The van der Waals surface area contributed by atoms with Crippen molar-refractivity contribution in [3.05, 3.63) is 76.3 Å². The SMILES string of the molecule is C[C@H](/C=C/S(C)(=O)=O)NC(=O)c1ccc2c(cnn2[C@@H](C)c2ccccc2Cl)c1. The van der Waals surface area contributed by atoms with E-state index in [4.69, 9.17) is 11.6 Å². The number of aromatic nitrogens is 2. The largest absolute Gasteiger partial charge is 0.346 e. The van der Waals surface area contributed by atoms with Crippen LogP contribution in [0.5, 0.6) is 0 Å². The molecule has 0 saturated heterocycles. The standard InChI is InChI=1S/C21H22ClN3O3S/c1-14(10-11-29(3,27)28)24-21(26)16-8-9-20-17(12-16)13-23-25(20)15(2)18-6-4-5-7-19(18)22/h4-15H,1-3H3,(H,24,26)/b11-10+/t14-,15+/m1/s1. The Morgan fingerprint density at radius 1 is 1.21 bits per heavy atom. The van der Waals surface area contributed by atoms with Crippen LogP contribution in [0.25, 0.3) is 10.9 Å². The molecule has 2 aromatic carbocycles. The molecule has 0 bridgehead atoms. The minimum atomic E-state index is -3.23. The van der Waals surface area contributed by atoms with E-state index in [9.17, 15) is 13.2 Å². The number of benzene rings is 2. The van der Waals surface area contributed by atoms with Gasteiger partial charge in [0.1, 0.15) is 0 Å². The van der Waals surface area contributed by atoms with Crippen LogP contribution in [0.2, 0.25) is 5.02 Å². The summed E-state index contributed by atoms with van der Waals surface area (Å²) in [6.45, 7) is 3.73. The third kappa shape index (κ3) is 5.05. The molecule has 0 aliphatic heterocycles. The number of nitrogens with zero attached hydrogens (tertiary/aromatic N) is 2. The fourth-order valence-corrected chi connectivity index (χ4v) is 3.86. The van der Waals surface area contributed by atoms with Crippen molar-refractivity contribution in [3.8, 4) is 0 Å². The normalized spacial score (nSPS) is 14.2. The van der Waals surface area contributed by atoms with Crippen molar-refractivity contribution in [2.24, 2.45) is 0 Å². The van der Waals surface area contributed by atoms with E-state index in [1.165, 1.54) is 6.08 Å². The number of carbonyl (C=O) groups is 1. The Labute approximate surface area is 175 Å². The van der Waals surface area contributed by atoms with Crippen molar-refractivity contribution < 1.29 is 13.2 Å². The molecule has 1 amide bonds. The van der Waals surface area contributed by atoms with Crippen LogP contribution >= 0.6 is 11.6 Å². The Bertz CT molecular complexity index is 1180. The Hall–Kier alpha value is -2.64. The lowest BCUT2D eigenvalue weighted by atomic mass is 10.1. The van der Waals surface area contributed by atoms with E-state index in [-0.39, 0.29) is 11.9 Å². The highest BCUT2D eigenvalue weighted by atomic mass is 35.5. The molecule has 6 nitrogen and oxygen atoms in total. The quantitative estimate of drug-likeness (QED) is 0.640. The molecule has 0 aliphatic carbocycles. The Morgan fingerprint density at radius 2 is 1.93 bits per heavy atom. The fraction of sp³-hybridized carbons (Fsp3) is 0.238. The Morgan fingerprint density at radius 3 is 2.62 bits per heavy atom. The second kappa shape index (κ2) is 8.39. The first-order chi connectivity index (χ1) is 13.7. The molecule has 1 N–H and O–H groups in total. The average molecular weight is 432 g/mol. The molecular weight excluding hydrogens is 410 g/mol. The van der Waals surface area contributed by atoms with Crippen LogP contribution in [0.4, 0.5) is 0 Å². The fourth-order valence-electron chi connectivity index (χ4n) is 3.05. The molecular formula is C21H22ClN3O3S. The Balaban J connectivity index is 1.82. The number of halogens is 1. The predicted octanol–water partition coefficient (Wildman–Crippen LogP) is 3.98. The van der Waals surface area contributed by atoms with Crippen LogP contribution < -0.4 is 5.32 Å². The Kier molecular flexibility index (Phi) is 6.10. The summed E-state index contributed by atoms with van der Waals surface area (Å²) in [4.78, 5) is 12.5. The van der Waals surface area contributed by atoms with Gasteiger partial charge in [-0.2, -0.15) is 5.10 Å². The van der Waals surface area contributed by atoms with Crippen molar-refractivity contribution in [2.75, 3.05) is 6.26 Å². The molecule has 0 aliphatic rings. The van der Waals surface area contributed by atoms with E-state index in [1.54, 1.807) is 25.3 Å². The molecule has 0 fully saturated rings. The number of amides is 1. The van der Waals surface area contributed by atoms with Gasteiger partial charge in [0, 0.05) is 33.7 Å². The molecule has 1 heterocycles. The number of rotatable bonds is 6. The van der Waals surface area contributed by atoms with Gasteiger partial charge in [0.2, 0.25) is 0 Å². The molecule has 2 atom stereocenters. The minimum Gasteiger partial charge on any atom is -0.346 e. The van der Waals surface area contributed by atoms with E-state index in [1.807, 2.05) is 41.9 Å². The average Bonchev–Trinajstić information content (AvgIpc) is 3.09. The van der Waals surface area contributed by atoms with E-state index in [2.05, 4.69) is 10.4 Å². The molecule has 152 valence electrons. The number of fused-ring (bicyclic) bond motifs is 1. The lowest BCUT2D eigenvalue weighted by molar-refractivity contribution is 0.0947. The highest BCUT2D eigenvalue weighted by molar-refractivity contribution is 7.93. The monoisotopic (exact) mass is 431 g/mol. The van der Waals surface area contributed by atoms with Crippen molar-refractivity contribution in [1.29, 1.82) is 0 Å². The van der Waals surface area contributed by atoms with Gasteiger partial charge in [0.15, 0.2) is 9.84 Å². The number of carbonyl (C=O) groups excluding carboxylic acids is 1. The van der Waals surface area contributed by atoms with Crippen molar-refractivity contribution >= 4 is 38.2 Å². The zero-order chi connectivity index (χ0) is 21.2. The molecule has 0 radical (unpaired) electrons. The van der Waals surface area contributed by atoms with Crippen LogP contribution in [-0.2, 0) is 9.84 Å². The van der Waals surface area contributed by atoms with Gasteiger partial charge in [0.25, 0.3) is 5.91 Å². The van der Waals surface area contributed by atoms with Crippen LogP contribution in [0.15, 0.2) is 60.1 Å². The van der Waals surface area contributed by atoms with Gasteiger partial charge in [-0.15, -0.1) is 0 Å². The topological polar surface area (TPSA) is 81.1 Å². The van der Waals surface area contributed by atoms with Crippen molar-refractivity contribution in [1.82, 2.24) is 15.1 Å². The maximum atomic E-state index is 12.5. The van der Waals surface area contributed by atoms with Crippen LogP contribution in [-0.4, -0.2) is 36.4 Å². The summed E-state index contributed by atoms with van der Waals surface area (Å²) in [5, 5.41) is 9.83. The lowest BCUT2D eigenvalue weighted by Gasteiger charge is -2.15. The zero-order valence-electron chi connectivity index (χ0n) is 16.3. The van der Waals surface area contributed by atoms with Gasteiger partial charge < -0.3 is 5.32 Å². The maximum absolute atomic E-state index is 12.5. The highest BCUT2D eigenvalue weighted by Gasteiger charge is 2.16. The summed E-state index contributed by atoms with van der Waals surface area (Å²) >= 11 is 6.32. The molecule has 1 aromatic heterocycles. The van der Waals surface area contributed by atoms with E-state index < -0.39 is 15.9 Å². The first-order valence-electron chi connectivity index (χ1n) is 9.06. The van der Waals surface area contributed by atoms with E-state index >= 15 is 0 Å². The zero-order valence-corrected chi connectivity index (χ0v) is 17.9. The highest BCUT2D eigenvalue weighted by Crippen LogP contribution is 2.28. The van der Waals surface area contributed by atoms with Crippen molar-refractivity contribution in [3.63, 3.8) is 0 Å². The van der Waals surface area contributed by atoms with E-state index in [0.717, 1.165) is 28.1 Å². The molecule has 8 heteroatoms. The minimum absolute atomic E-state index is 0.0676. The molecule has 0 unspecified atom stereocenters. The summed E-state index contributed by atoms with van der Waals surface area (Å²) < 4.78 is 24.3. The second-order valence-electron chi connectivity index (χ2n) is 6.98. The number of nitrogens with one attached hydrogen (secondary N) is 1. The number of sulfone groups is 1. The van der Waals surface area contributed by atoms with Gasteiger partial charge in [-0.05, 0) is 43.7 Å². The summed E-state index contributed by atoms with van der Waals surface area (Å²) in [5.74, 6) is -0.288. The number of hydrogen-bond donors (Lipinski definition) is 1. The first-order valence-corrected chi connectivity index (χ1v) is 11.4. The van der Waals surface area contributed by atoms with Crippen LogP contribution in [0.3, 0.4) is 0 Å².